The van der Waals surface area contributed by atoms with Crippen LogP contribution in [-0.4, -0.2) is 58.5 Å². The van der Waals surface area contributed by atoms with Gasteiger partial charge in [-0.05, 0) is 19.5 Å². The third-order valence-corrected chi connectivity index (χ3v) is 3.38. The molecular formula is C8H22N4O2S. The molecule has 92 valence electrons. The fourth-order valence-corrected chi connectivity index (χ4v) is 1.99. The van der Waals surface area contributed by atoms with Crippen molar-refractivity contribution in [3.05, 3.63) is 0 Å². The molecule has 0 fully saturated rings. The van der Waals surface area contributed by atoms with Gasteiger partial charge >= 0.3 is 0 Å². The van der Waals surface area contributed by atoms with Gasteiger partial charge in [-0.3, -0.25) is 0 Å². The maximum atomic E-state index is 11.6. The van der Waals surface area contributed by atoms with Gasteiger partial charge in [-0.15, -0.1) is 4.83 Å². The van der Waals surface area contributed by atoms with E-state index >= 15 is 0 Å². The van der Waals surface area contributed by atoms with E-state index in [0.717, 1.165) is 19.5 Å². The molecule has 0 saturated carbocycles. The van der Waals surface area contributed by atoms with Crippen LogP contribution in [0.1, 0.15) is 13.3 Å². The van der Waals surface area contributed by atoms with Crippen molar-refractivity contribution in [1.82, 2.24) is 19.5 Å². The van der Waals surface area contributed by atoms with Gasteiger partial charge in [0, 0.05) is 27.7 Å². The summed E-state index contributed by atoms with van der Waals surface area (Å²) in [6.07, 6.45) is 0.804. The second kappa shape index (κ2) is 7.13. The summed E-state index contributed by atoms with van der Waals surface area (Å²) < 4.78 is 24.4. The van der Waals surface area contributed by atoms with Gasteiger partial charge in [0.25, 0.3) is 10.2 Å². The van der Waals surface area contributed by atoms with Crippen molar-refractivity contribution < 1.29 is 8.42 Å². The highest BCUT2D eigenvalue weighted by Crippen LogP contribution is 1.95. The zero-order valence-corrected chi connectivity index (χ0v) is 10.8. The predicted octanol–water partition coefficient (Wildman–Crippen LogP) is -0.771. The van der Waals surface area contributed by atoms with Crippen molar-refractivity contribution in [2.24, 2.45) is 0 Å². The number of hydrogen-bond donors (Lipinski definition) is 2. The van der Waals surface area contributed by atoms with Crippen molar-refractivity contribution in [3.8, 4) is 0 Å². The van der Waals surface area contributed by atoms with E-state index in [0.29, 0.717) is 6.54 Å². The van der Waals surface area contributed by atoms with Crippen LogP contribution in [-0.2, 0) is 10.2 Å². The second-order valence-corrected chi connectivity index (χ2v) is 5.28. The lowest BCUT2D eigenvalue weighted by Crippen LogP contribution is -2.45. The molecule has 0 spiro atoms. The molecule has 0 aliphatic carbocycles. The molecule has 0 heterocycles. The molecule has 0 bridgehead atoms. The molecule has 0 aromatic heterocycles. The van der Waals surface area contributed by atoms with Gasteiger partial charge in [0.2, 0.25) is 0 Å². The van der Waals surface area contributed by atoms with Gasteiger partial charge in [-0.2, -0.15) is 12.7 Å². The van der Waals surface area contributed by atoms with E-state index in [1.807, 2.05) is 6.92 Å². The summed E-state index contributed by atoms with van der Waals surface area (Å²) in [5, 5.41) is 4.56. The average Bonchev–Trinajstić information content (AvgIpc) is 2.10. The minimum atomic E-state index is -3.37. The Kier molecular flexibility index (Phi) is 7.03. The topological polar surface area (TPSA) is 64.7 Å². The van der Waals surface area contributed by atoms with Crippen LogP contribution < -0.4 is 10.1 Å². The van der Waals surface area contributed by atoms with Crippen LogP contribution in [0, 0.1) is 0 Å². The summed E-state index contributed by atoms with van der Waals surface area (Å²) in [4.78, 5) is 2.37. The fourth-order valence-electron chi connectivity index (χ4n) is 1.02. The second-order valence-electron chi connectivity index (χ2n) is 3.52. The minimum absolute atomic E-state index is 0.510. The number of hydrogen-bond acceptors (Lipinski definition) is 4. The maximum Gasteiger partial charge on any atom is 0.292 e. The van der Waals surface area contributed by atoms with Crippen LogP contribution in [0.3, 0.4) is 0 Å². The predicted molar refractivity (Wildman–Crippen MR) is 61.5 cm³/mol. The largest absolute Gasteiger partial charge is 0.317 e. The number of rotatable bonds is 8. The molecule has 0 aliphatic rings. The van der Waals surface area contributed by atoms with Crippen molar-refractivity contribution in [1.29, 1.82) is 0 Å². The summed E-state index contributed by atoms with van der Waals surface area (Å²) in [6, 6.07) is 0. The lowest BCUT2D eigenvalue weighted by Gasteiger charge is -2.20. The average molecular weight is 238 g/mol. The third kappa shape index (κ3) is 6.80. The number of hydrazine groups is 1. The Hall–Kier alpha value is -0.210. The Morgan fingerprint density at radius 1 is 1.20 bits per heavy atom. The molecule has 0 rings (SSSR count). The third-order valence-electron chi connectivity index (χ3n) is 1.78. The molecule has 0 unspecified atom stereocenters. The van der Waals surface area contributed by atoms with Gasteiger partial charge in [-0.1, -0.05) is 6.92 Å². The summed E-state index contributed by atoms with van der Waals surface area (Å²) in [5.41, 5.74) is 0. The first-order valence-electron chi connectivity index (χ1n) is 5.02. The number of nitrogens with one attached hydrogen (secondary N) is 2. The van der Waals surface area contributed by atoms with Gasteiger partial charge in [0.1, 0.15) is 0 Å². The van der Waals surface area contributed by atoms with E-state index in [9.17, 15) is 8.42 Å². The lowest BCUT2D eigenvalue weighted by molar-refractivity contribution is 0.339. The molecule has 0 radical (unpaired) electrons. The highest BCUT2D eigenvalue weighted by atomic mass is 32.2. The quantitative estimate of drug-likeness (QED) is 0.430. The van der Waals surface area contributed by atoms with E-state index in [1.165, 1.54) is 9.31 Å². The Labute approximate surface area is 92.8 Å². The molecule has 0 aliphatic heterocycles. The van der Waals surface area contributed by atoms with Crippen molar-refractivity contribution in [3.63, 3.8) is 0 Å². The van der Waals surface area contributed by atoms with Crippen molar-refractivity contribution in [2.75, 3.05) is 40.8 Å². The first kappa shape index (κ1) is 14.8. The zero-order valence-electron chi connectivity index (χ0n) is 9.95. The van der Waals surface area contributed by atoms with E-state index in [2.05, 4.69) is 10.1 Å². The standard InChI is InChI=1S/C8H22N4O2S/c1-5-9-7-6-8-12(4)15(13,14)10-11(2)3/h9-10H,5-8H2,1-4H3. The molecule has 2 N–H and O–H groups in total. The Morgan fingerprint density at radius 3 is 2.27 bits per heavy atom. The molecule has 0 aromatic rings. The molecule has 0 atom stereocenters. The maximum absolute atomic E-state index is 11.6. The molecule has 0 saturated heterocycles. The Bertz CT molecular complexity index is 253. The first-order valence-corrected chi connectivity index (χ1v) is 6.46. The van der Waals surface area contributed by atoms with Crippen LogP contribution in [0.5, 0.6) is 0 Å². The Morgan fingerprint density at radius 2 is 1.80 bits per heavy atom. The normalized spacial score (nSPS) is 12.7. The van der Waals surface area contributed by atoms with Crippen molar-refractivity contribution >= 4 is 10.2 Å². The van der Waals surface area contributed by atoms with Gasteiger partial charge in [-0.25, -0.2) is 5.01 Å². The SMILES string of the molecule is CCNCCCN(C)S(=O)(=O)NN(C)C. The monoisotopic (exact) mass is 238 g/mol. The zero-order chi connectivity index (χ0) is 11.9. The lowest BCUT2D eigenvalue weighted by atomic mass is 10.4. The van der Waals surface area contributed by atoms with E-state index in [1.54, 1.807) is 21.1 Å². The van der Waals surface area contributed by atoms with Crippen LogP contribution in [0.4, 0.5) is 0 Å². The van der Waals surface area contributed by atoms with Gasteiger partial charge < -0.3 is 5.32 Å². The Balaban J connectivity index is 3.92. The molecule has 6 nitrogen and oxygen atoms in total. The van der Waals surface area contributed by atoms with Gasteiger partial charge in [0.05, 0.1) is 0 Å². The summed E-state index contributed by atoms with van der Waals surface area (Å²) in [6.45, 7) is 4.27. The van der Waals surface area contributed by atoms with E-state index < -0.39 is 10.2 Å². The molecule has 15 heavy (non-hydrogen) atoms. The first-order chi connectivity index (χ1) is 6.90. The molecule has 0 amide bonds. The minimum Gasteiger partial charge on any atom is -0.317 e. The van der Waals surface area contributed by atoms with E-state index in [4.69, 9.17) is 0 Å². The van der Waals surface area contributed by atoms with Crippen molar-refractivity contribution in [2.45, 2.75) is 13.3 Å². The highest BCUT2D eigenvalue weighted by Gasteiger charge is 2.16. The molecular weight excluding hydrogens is 216 g/mol. The van der Waals surface area contributed by atoms with E-state index in [-0.39, 0.29) is 0 Å². The van der Waals surface area contributed by atoms with Gasteiger partial charge in [0.15, 0.2) is 0 Å². The smallest absolute Gasteiger partial charge is 0.292 e. The van der Waals surface area contributed by atoms with Crippen LogP contribution in [0.2, 0.25) is 0 Å². The molecule has 7 heteroatoms. The number of nitrogens with zero attached hydrogens (tertiary/aromatic N) is 2. The van der Waals surface area contributed by atoms with Crippen LogP contribution >= 0.6 is 0 Å². The molecule has 0 aromatic carbocycles. The fraction of sp³-hybridized carbons (Fsp3) is 1.00. The van der Waals surface area contributed by atoms with Crippen LogP contribution in [0.15, 0.2) is 0 Å². The summed E-state index contributed by atoms with van der Waals surface area (Å²) in [5.74, 6) is 0. The summed E-state index contributed by atoms with van der Waals surface area (Å²) >= 11 is 0. The highest BCUT2D eigenvalue weighted by molar-refractivity contribution is 7.87. The summed E-state index contributed by atoms with van der Waals surface area (Å²) in [7, 11) is 1.49. The van der Waals surface area contributed by atoms with Crippen LogP contribution in [0.25, 0.3) is 0 Å².